The molecule has 5 nitrogen and oxygen atoms in total. The highest BCUT2D eigenvalue weighted by Crippen LogP contribution is 2.19. The molecule has 1 saturated heterocycles. The first-order valence-corrected chi connectivity index (χ1v) is 6.24. The van der Waals surface area contributed by atoms with Crippen LogP contribution in [0.1, 0.15) is 25.7 Å². The van der Waals surface area contributed by atoms with Crippen LogP contribution in [0.4, 0.5) is 0 Å². The van der Waals surface area contributed by atoms with E-state index >= 15 is 0 Å². The summed E-state index contributed by atoms with van der Waals surface area (Å²) in [4.78, 5) is 12.9. The number of hydrogen-bond donors (Lipinski definition) is 2. The Morgan fingerprint density at radius 1 is 1.41 bits per heavy atom. The Hall–Kier alpha value is -0.650. The number of carbonyl (C=O) groups is 1. The molecule has 0 radical (unpaired) electrons. The summed E-state index contributed by atoms with van der Waals surface area (Å²) >= 11 is 0. The smallest absolute Gasteiger partial charge is 0.222 e. The van der Waals surface area contributed by atoms with Crippen molar-refractivity contribution in [3.8, 4) is 0 Å². The zero-order valence-electron chi connectivity index (χ0n) is 10.9. The van der Waals surface area contributed by atoms with Gasteiger partial charge in [0.05, 0.1) is 5.60 Å². The maximum atomic E-state index is 11.3. The zero-order chi connectivity index (χ0) is 12.7. The van der Waals surface area contributed by atoms with E-state index in [-0.39, 0.29) is 5.91 Å². The molecule has 0 atom stereocenters. The fourth-order valence-electron chi connectivity index (χ4n) is 1.84. The molecule has 0 aromatic heterocycles. The Labute approximate surface area is 103 Å². The minimum Gasteiger partial charge on any atom is -0.388 e. The van der Waals surface area contributed by atoms with Crippen LogP contribution in [-0.4, -0.2) is 61.9 Å². The van der Waals surface area contributed by atoms with E-state index in [9.17, 15) is 9.90 Å². The molecule has 1 fully saturated rings. The molecule has 100 valence electrons. The molecule has 1 heterocycles. The zero-order valence-corrected chi connectivity index (χ0v) is 10.9. The van der Waals surface area contributed by atoms with Gasteiger partial charge in [-0.25, -0.2) is 0 Å². The SMILES string of the molecule is CN(C)C(=O)CCCNCC1(O)CCOCC1. The molecule has 0 saturated carbocycles. The van der Waals surface area contributed by atoms with Crippen molar-refractivity contribution >= 4 is 5.91 Å². The molecular formula is C12H24N2O3. The molecule has 5 heteroatoms. The molecule has 0 spiro atoms. The minimum atomic E-state index is -0.621. The van der Waals surface area contributed by atoms with Gasteiger partial charge in [0.25, 0.3) is 0 Å². The summed E-state index contributed by atoms with van der Waals surface area (Å²) < 4.78 is 5.21. The van der Waals surface area contributed by atoms with Crippen LogP contribution in [0.2, 0.25) is 0 Å². The van der Waals surface area contributed by atoms with Gasteiger partial charge in [-0.3, -0.25) is 4.79 Å². The van der Waals surface area contributed by atoms with E-state index in [1.54, 1.807) is 19.0 Å². The van der Waals surface area contributed by atoms with Gasteiger partial charge in [0.2, 0.25) is 5.91 Å². The third-order valence-electron chi connectivity index (χ3n) is 3.12. The van der Waals surface area contributed by atoms with Gasteiger partial charge in [-0.1, -0.05) is 0 Å². The Morgan fingerprint density at radius 3 is 2.65 bits per heavy atom. The average Bonchev–Trinajstić information content (AvgIpc) is 2.29. The molecule has 1 aliphatic rings. The first-order chi connectivity index (χ1) is 8.03. The molecule has 1 aliphatic heterocycles. The van der Waals surface area contributed by atoms with Gasteiger partial charge in [-0.15, -0.1) is 0 Å². The first-order valence-electron chi connectivity index (χ1n) is 6.24. The summed E-state index contributed by atoms with van der Waals surface area (Å²) in [5.74, 6) is 0.150. The van der Waals surface area contributed by atoms with Crippen molar-refractivity contribution in [1.82, 2.24) is 10.2 Å². The van der Waals surface area contributed by atoms with E-state index < -0.39 is 5.60 Å². The lowest BCUT2D eigenvalue weighted by Crippen LogP contribution is -2.45. The molecular weight excluding hydrogens is 220 g/mol. The van der Waals surface area contributed by atoms with E-state index in [0.29, 0.717) is 39.0 Å². The van der Waals surface area contributed by atoms with Gasteiger partial charge in [0, 0.05) is 53.1 Å². The maximum Gasteiger partial charge on any atom is 0.222 e. The van der Waals surface area contributed by atoms with Crippen molar-refractivity contribution in [2.75, 3.05) is 40.4 Å². The largest absolute Gasteiger partial charge is 0.388 e. The minimum absolute atomic E-state index is 0.150. The summed E-state index contributed by atoms with van der Waals surface area (Å²) in [6.07, 6.45) is 2.75. The van der Waals surface area contributed by atoms with Crippen LogP contribution in [0.15, 0.2) is 0 Å². The normalized spacial score (nSPS) is 19.0. The van der Waals surface area contributed by atoms with Gasteiger partial charge in [0.15, 0.2) is 0 Å². The fraction of sp³-hybridized carbons (Fsp3) is 0.917. The quantitative estimate of drug-likeness (QED) is 0.645. The Morgan fingerprint density at radius 2 is 2.06 bits per heavy atom. The molecule has 1 amide bonds. The van der Waals surface area contributed by atoms with Gasteiger partial charge in [-0.2, -0.15) is 0 Å². The Bertz CT molecular complexity index is 238. The van der Waals surface area contributed by atoms with E-state index in [1.807, 2.05) is 0 Å². The third-order valence-corrected chi connectivity index (χ3v) is 3.12. The molecule has 0 bridgehead atoms. The van der Waals surface area contributed by atoms with Crippen LogP contribution in [0.5, 0.6) is 0 Å². The lowest BCUT2D eigenvalue weighted by Gasteiger charge is -2.32. The molecule has 1 rings (SSSR count). The van der Waals surface area contributed by atoms with Crippen LogP contribution >= 0.6 is 0 Å². The first kappa shape index (κ1) is 14.4. The van der Waals surface area contributed by atoms with E-state index in [4.69, 9.17) is 4.74 Å². The van der Waals surface area contributed by atoms with Crippen LogP contribution in [0, 0.1) is 0 Å². The number of nitrogens with one attached hydrogen (secondary N) is 1. The standard InChI is InChI=1S/C12H24N2O3/c1-14(2)11(15)4-3-7-13-10-12(16)5-8-17-9-6-12/h13,16H,3-10H2,1-2H3. The van der Waals surface area contributed by atoms with Gasteiger partial charge in [0.1, 0.15) is 0 Å². The lowest BCUT2D eigenvalue weighted by atomic mass is 9.94. The highest BCUT2D eigenvalue weighted by atomic mass is 16.5. The molecule has 0 unspecified atom stereocenters. The number of nitrogens with zero attached hydrogens (tertiary/aromatic N) is 1. The second kappa shape index (κ2) is 6.93. The average molecular weight is 244 g/mol. The van der Waals surface area contributed by atoms with Crippen molar-refractivity contribution in [2.24, 2.45) is 0 Å². The van der Waals surface area contributed by atoms with E-state index in [0.717, 1.165) is 13.0 Å². The Balaban J connectivity index is 2.05. The number of aliphatic hydroxyl groups is 1. The highest BCUT2D eigenvalue weighted by Gasteiger charge is 2.28. The van der Waals surface area contributed by atoms with Crippen molar-refractivity contribution in [3.63, 3.8) is 0 Å². The highest BCUT2D eigenvalue weighted by molar-refractivity contribution is 5.75. The second-order valence-electron chi connectivity index (χ2n) is 4.91. The van der Waals surface area contributed by atoms with Crippen LogP contribution in [-0.2, 0) is 9.53 Å². The van der Waals surface area contributed by atoms with Crippen molar-refractivity contribution < 1.29 is 14.6 Å². The van der Waals surface area contributed by atoms with Gasteiger partial charge in [-0.05, 0) is 13.0 Å². The topological polar surface area (TPSA) is 61.8 Å². The summed E-state index contributed by atoms with van der Waals surface area (Å²) in [7, 11) is 3.53. The maximum absolute atomic E-state index is 11.3. The molecule has 0 aliphatic carbocycles. The van der Waals surface area contributed by atoms with Crippen LogP contribution < -0.4 is 5.32 Å². The summed E-state index contributed by atoms with van der Waals surface area (Å²) in [5.41, 5.74) is -0.621. The van der Waals surface area contributed by atoms with E-state index in [2.05, 4.69) is 5.32 Å². The van der Waals surface area contributed by atoms with Crippen molar-refractivity contribution in [1.29, 1.82) is 0 Å². The predicted octanol–water partition coefficient (Wildman–Crippen LogP) is -0.0141. The summed E-state index contributed by atoms with van der Waals surface area (Å²) in [6, 6.07) is 0. The molecule has 2 N–H and O–H groups in total. The molecule has 17 heavy (non-hydrogen) atoms. The van der Waals surface area contributed by atoms with Crippen molar-refractivity contribution in [2.45, 2.75) is 31.3 Å². The molecule has 0 aromatic rings. The number of amides is 1. The number of hydrogen-bond acceptors (Lipinski definition) is 4. The van der Waals surface area contributed by atoms with Gasteiger partial charge >= 0.3 is 0 Å². The van der Waals surface area contributed by atoms with E-state index in [1.165, 1.54) is 0 Å². The van der Waals surface area contributed by atoms with Crippen LogP contribution in [0.25, 0.3) is 0 Å². The molecule has 0 aromatic carbocycles. The lowest BCUT2D eigenvalue weighted by molar-refractivity contribution is -0.128. The summed E-state index contributed by atoms with van der Waals surface area (Å²) in [5, 5.41) is 13.4. The number of carbonyl (C=O) groups excluding carboxylic acids is 1. The Kier molecular flexibility index (Phi) is 5.88. The van der Waals surface area contributed by atoms with Crippen molar-refractivity contribution in [3.05, 3.63) is 0 Å². The second-order valence-corrected chi connectivity index (χ2v) is 4.91. The predicted molar refractivity (Wildman–Crippen MR) is 65.8 cm³/mol. The number of ether oxygens (including phenoxy) is 1. The van der Waals surface area contributed by atoms with Crippen LogP contribution in [0.3, 0.4) is 0 Å². The third kappa shape index (κ3) is 5.48. The fourth-order valence-corrected chi connectivity index (χ4v) is 1.84. The van der Waals surface area contributed by atoms with Gasteiger partial charge < -0.3 is 20.1 Å². The summed E-state index contributed by atoms with van der Waals surface area (Å²) in [6.45, 7) is 2.63. The number of rotatable bonds is 6. The monoisotopic (exact) mass is 244 g/mol.